The number of hydrogen-bond acceptors (Lipinski definition) is 2. The van der Waals surface area contributed by atoms with E-state index in [4.69, 9.17) is 4.74 Å². The number of rotatable bonds is 3. The molecule has 1 rings (SSSR count). The molecule has 0 aromatic rings. The zero-order valence-corrected chi connectivity index (χ0v) is 9.92. The van der Waals surface area contributed by atoms with Crippen molar-refractivity contribution >= 4 is 0 Å². The summed E-state index contributed by atoms with van der Waals surface area (Å²) in [6.07, 6.45) is 3.67. The predicted molar refractivity (Wildman–Crippen MR) is 58.2 cm³/mol. The molecule has 3 unspecified atom stereocenters. The van der Waals surface area contributed by atoms with E-state index in [0.717, 1.165) is 25.4 Å². The van der Waals surface area contributed by atoms with Gasteiger partial charge in [0.2, 0.25) is 0 Å². The topological polar surface area (TPSA) is 29.5 Å². The number of aliphatic hydroxyl groups is 1. The Labute approximate surface area is 87.7 Å². The fraction of sp³-hybridized carbons (Fsp3) is 1.00. The van der Waals surface area contributed by atoms with Gasteiger partial charge in [0.15, 0.2) is 0 Å². The maximum atomic E-state index is 10.0. The highest BCUT2D eigenvalue weighted by Crippen LogP contribution is 2.37. The minimum Gasteiger partial charge on any atom is -0.390 e. The summed E-state index contributed by atoms with van der Waals surface area (Å²) >= 11 is 0. The van der Waals surface area contributed by atoms with Crippen LogP contribution in [0.25, 0.3) is 0 Å². The van der Waals surface area contributed by atoms with Gasteiger partial charge in [-0.1, -0.05) is 13.3 Å². The van der Waals surface area contributed by atoms with Gasteiger partial charge >= 0.3 is 0 Å². The first-order valence-corrected chi connectivity index (χ1v) is 5.79. The van der Waals surface area contributed by atoms with Crippen LogP contribution in [0.1, 0.15) is 47.0 Å². The molecule has 2 heteroatoms. The van der Waals surface area contributed by atoms with Gasteiger partial charge in [0.25, 0.3) is 0 Å². The lowest BCUT2D eigenvalue weighted by atomic mass is 9.73. The average molecular weight is 200 g/mol. The minimum absolute atomic E-state index is 0.253. The van der Waals surface area contributed by atoms with Gasteiger partial charge < -0.3 is 9.84 Å². The molecule has 0 bridgehead atoms. The molecule has 2 nitrogen and oxygen atoms in total. The second-order valence-electron chi connectivity index (χ2n) is 5.17. The normalized spacial score (nSPS) is 34.5. The van der Waals surface area contributed by atoms with Gasteiger partial charge in [0.1, 0.15) is 0 Å². The van der Waals surface area contributed by atoms with E-state index in [1.165, 1.54) is 6.42 Å². The Morgan fingerprint density at radius 1 is 1.36 bits per heavy atom. The summed E-state index contributed by atoms with van der Waals surface area (Å²) in [6, 6.07) is 0. The molecule has 0 saturated heterocycles. The summed E-state index contributed by atoms with van der Waals surface area (Å²) in [7, 11) is 0. The molecule has 0 aromatic carbocycles. The van der Waals surface area contributed by atoms with Crippen LogP contribution in [0.3, 0.4) is 0 Å². The van der Waals surface area contributed by atoms with Crippen LogP contribution in [0.15, 0.2) is 0 Å². The summed E-state index contributed by atoms with van der Waals surface area (Å²) in [5, 5.41) is 10.0. The molecule has 1 fully saturated rings. The van der Waals surface area contributed by atoms with E-state index in [9.17, 15) is 5.11 Å². The smallest absolute Gasteiger partial charge is 0.0644 e. The molecule has 1 aliphatic carbocycles. The van der Waals surface area contributed by atoms with Gasteiger partial charge in [-0.3, -0.25) is 0 Å². The quantitative estimate of drug-likeness (QED) is 0.759. The molecule has 1 N–H and O–H groups in total. The van der Waals surface area contributed by atoms with E-state index < -0.39 is 5.60 Å². The fourth-order valence-electron chi connectivity index (χ4n) is 2.54. The highest BCUT2D eigenvalue weighted by molar-refractivity contribution is 4.88. The summed E-state index contributed by atoms with van der Waals surface area (Å²) in [5.74, 6) is 1.05. The van der Waals surface area contributed by atoms with Crippen LogP contribution < -0.4 is 0 Å². The van der Waals surface area contributed by atoms with Crippen molar-refractivity contribution in [2.75, 3.05) is 6.61 Å². The van der Waals surface area contributed by atoms with Gasteiger partial charge in [-0.25, -0.2) is 0 Å². The summed E-state index contributed by atoms with van der Waals surface area (Å²) in [4.78, 5) is 0. The van der Waals surface area contributed by atoms with Crippen molar-refractivity contribution in [1.29, 1.82) is 0 Å². The third-order valence-electron chi connectivity index (χ3n) is 3.34. The first kappa shape index (κ1) is 12.0. The van der Waals surface area contributed by atoms with Crippen molar-refractivity contribution in [3.8, 4) is 0 Å². The van der Waals surface area contributed by atoms with E-state index in [-0.39, 0.29) is 6.10 Å². The maximum absolute atomic E-state index is 10.0. The van der Waals surface area contributed by atoms with E-state index in [2.05, 4.69) is 6.92 Å². The van der Waals surface area contributed by atoms with Gasteiger partial charge in [-0.15, -0.1) is 0 Å². The van der Waals surface area contributed by atoms with Gasteiger partial charge in [-0.05, 0) is 39.5 Å². The van der Waals surface area contributed by atoms with Crippen LogP contribution in [-0.4, -0.2) is 23.4 Å². The van der Waals surface area contributed by atoms with Crippen LogP contribution in [0.2, 0.25) is 0 Å². The molecule has 0 aliphatic heterocycles. The van der Waals surface area contributed by atoms with E-state index >= 15 is 0 Å². The lowest BCUT2D eigenvalue weighted by Gasteiger charge is -2.41. The Morgan fingerprint density at radius 2 is 2.00 bits per heavy atom. The molecule has 84 valence electrons. The maximum Gasteiger partial charge on any atom is 0.0644 e. The lowest BCUT2D eigenvalue weighted by molar-refractivity contribution is -0.0997. The number of ether oxygens (including phenoxy) is 1. The van der Waals surface area contributed by atoms with Crippen LogP contribution >= 0.6 is 0 Å². The summed E-state index contributed by atoms with van der Waals surface area (Å²) in [5.41, 5.74) is -0.597. The van der Waals surface area contributed by atoms with Gasteiger partial charge in [0, 0.05) is 12.5 Å². The Morgan fingerprint density at radius 3 is 2.50 bits per heavy atom. The number of hydrogen-bond donors (Lipinski definition) is 1. The minimum atomic E-state index is -0.597. The summed E-state index contributed by atoms with van der Waals surface area (Å²) in [6.45, 7) is 8.86. The van der Waals surface area contributed by atoms with Crippen LogP contribution in [0.5, 0.6) is 0 Å². The van der Waals surface area contributed by atoms with Crippen molar-refractivity contribution in [2.45, 2.75) is 58.7 Å². The first-order valence-electron chi connectivity index (χ1n) is 5.79. The van der Waals surface area contributed by atoms with Crippen LogP contribution in [0, 0.1) is 11.8 Å². The Hall–Kier alpha value is -0.0800. The molecule has 1 aliphatic rings. The zero-order valence-electron chi connectivity index (χ0n) is 9.92. The zero-order chi connectivity index (χ0) is 10.8. The SMILES string of the molecule is CCOC1CC(C)CCC1C(C)(C)O. The molecule has 0 amide bonds. The van der Waals surface area contributed by atoms with Gasteiger partial charge in [0.05, 0.1) is 11.7 Å². The van der Waals surface area contributed by atoms with Crippen LogP contribution in [-0.2, 0) is 4.74 Å². The highest BCUT2D eigenvalue weighted by atomic mass is 16.5. The van der Waals surface area contributed by atoms with Crippen molar-refractivity contribution in [3.63, 3.8) is 0 Å². The second-order valence-corrected chi connectivity index (χ2v) is 5.17. The second kappa shape index (κ2) is 4.63. The van der Waals surface area contributed by atoms with E-state index in [1.807, 2.05) is 20.8 Å². The molecule has 3 atom stereocenters. The Kier molecular flexibility index (Phi) is 3.96. The van der Waals surface area contributed by atoms with Crippen molar-refractivity contribution in [2.24, 2.45) is 11.8 Å². The third kappa shape index (κ3) is 2.96. The molecule has 0 spiro atoms. The summed E-state index contributed by atoms with van der Waals surface area (Å²) < 4.78 is 5.73. The predicted octanol–water partition coefficient (Wildman–Crippen LogP) is 2.60. The molecule has 0 radical (unpaired) electrons. The Balaban J connectivity index is 2.62. The van der Waals surface area contributed by atoms with E-state index in [0.29, 0.717) is 5.92 Å². The molecular weight excluding hydrogens is 176 g/mol. The Bertz CT molecular complexity index is 172. The van der Waals surface area contributed by atoms with Crippen molar-refractivity contribution in [1.82, 2.24) is 0 Å². The first-order chi connectivity index (χ1) is 6.45. The van der Waals surface area contributed by atoms with E-state index in [1.54, 1.807) is 0 Å². The standard InChI is InChI=1S/C12H24O2/c1-5-14-11-8-9(2)6-7-10(11)12(3,4)13/h9-11,13H,5-8H2,1-4H3. The molecule has 1 saturated carbocycles. The fourth-order valence-corrected chi connectivity index (χ4v) is 2.54. The molecule has 0 aromatic heterocycles. The van der Waals surface area contributed by atoms with Crippen LogP contribution in [0.4, 0.5) is 0 Å². The third-order valence-corrected chi connectivity index (χ3v) is 3.34. The highest BCUT2D eigenvalue weighted by Gasteiger charge is 2.38. The molecular formula is C12H24O2. The molecule has 0 heterocycles. The largest absolute Gasteiger partial charge is 0.390 e. The monoisotopic (exact) mass is 200 g/mol. The molecule has 14 heavy (non-hydrogen) atoms. The average Bonchev–Trinajstić information content (AvgIpc) is 2.02. The lowest BCUT2D eigenvalue weighted by Crippen LogP contribution is -2.44. The van der Waals surface area contributed by atoms with Crippen molar-refractivity contribution in [3.05, 3.63) is 0 Å². The van der Waals surface area contributed by atoms with Gasteiger partial charge in [-0.2, -0.15) is 0 Å². The van der Waals surface area contributed by atoms with Crippen molar-refractivity contribution < 1.29 is 9.84 Å².